The second kappa shape index (κ2) is 5.74. The van der Waals surface area contributed by atoms with Crippen molar-refractivity contribution in [2.45, 2.75) is 18.8 Å². The van der Waals surface area contributed by atoms with Gasteiger partial charge in [0.1, 0.15) is 17.2 Å². The number of fused-ring (bicyclic) bond motifs is 1. The SMILES string of the molecule is CN1CCCC(c2nc3cccnc3n2-c2cccc(F)c2)C1. The van der Waals surface area contributed by atoms with Crippen LogP contribution in [0, 0.1) is 5.82 Å². The number of aromatic nitrogens is 3. The second-order valence-electron chi connectivity index (χ2n) is 6.23. The van der Waals surface area contributed by atoms with E-state index in [4.69, 9.17) is 4.98 Å². The molecule has 23 heavy (non-hydrogen) atoms. The molecule has 1 aliphatic heterocycles. The Morgan fingerprint density at radius 3 is 2.96 bits per heavy atom. The Kier molecular flexibility index (Phi) is 3.58. The molecule has 3 heterocycles. The summed E-state index contributed by atoms with van der Waals surface area (Å²) in [6, 6.07) is 10.5. The van der Waals surface area contributed by atoms with Crippen molar-refractivity contribution in [2.24, 2.45) is 0 Å². The van der Waals surface area contributed by atoms with Gasteiger partial charge in [0.15, 0.2) is 5.65 Å². The number of likely N-dealkylation sites (N-methyl/N-ethyl adjacent to an activating group) is 1. The highest BCUT2D eigenvalue weighted by Gasteiger charge is 2.25. The van der Waals surface area contributed by atoms with Gasteiger partial charge >= 0.3 is 0 Å². The van der Waals surface area contributed by atoms with Gasteiger partial charge in [-0.05, 0) is 56.8 Å². The average molecular weight is 310 g/mol. The summed E-state index contributed by atoms with van der Waals surface area (Å²) < 4.78 is 15.7. The minimum Gasteiger partial charge on any atom is -0.306 e. The monoisotopic (exact) mass is 310 g/mol. The third-order valence-corrected chi connectivity index (χ3v) is 4.50. The van der Waals surface area contributed by atoms with Crippen molar-refractivity contribution in [1.82, 2.24) is 19.4 Å². The van der Waals surface area contributed by atoms with Gasteiger partial charge in [0.05, 0.1) is 5.69 Å². The summed E-state index contributed by atoms with van der Waals surface area (Å²) in [5.41, 5.74) is 2.44. The summed E-state index contributed by atoms with van der Waals surface area (Å²) in [6.07, 6.45) is 4.01. The number of rotatable bonds is 2. The molecule has 2 aromatic heterocycles. The average Bonchev–Trinajstić information content (AvgIpc) is 2.94. The molecule has 0 N–H and O–H groups in total. The van der Waals surface area contributed by atoms with Crippen molar-refractivity contribution in [2.75, 3.05) is 20.1 Å². The first-order valence-electron chi connectivity index (χ1n) is 8.00. The van der Waals surface area contributed by atoms with Gasteiger partial charge < -0.3 is 4.90 Å². The molecule has 0 radical (unpaired) electrons. The number of hydrogen-bond donors (Lipinski definition) is 0. The molecule has 1 aliphatic rings. The molecule has 1 fully saturated rings. The zero-order valence-electron chi connectivity index (χ0n) is 13.1. The van der Waals surface area contributed by atoms with Crippen LogP contribution in [0.25, 0.3) is 16.9 Å². The van der Waals surface area contributed by atoms with Crippen LogP contribution in [0.3, 0.4) is 0 Å². The Morgan fingerprint density at radius 1 is 1.22 bits per heavy atom. The van der Waals surface area contributed by atoms with Gasteiger partial charge in [0.2, 0.25) is 0 Å². The Labute approximate surface area is 134 Å². The van der Waals surface area contributed by atoms with E-state index < -0.39 is 0 Å². The molecule has 1 unspecified atom stereocenters. The van der Waals surface area contributed by atoms with Gasteiger partial charge in [-0.3, -0.25) is 4.57 Å². The van der Waals surface area contributed by atoms with E-state index in [-0.39, 0.29) is 5.82 Å². The van der Waals surface area contributed by atoms with E-state index in [1.165, 1.54) is 6.07 Å². The molecule has 1 saturated heterocycles. The number of imidazole rings is 1. The van der Waals surface area contributed by atoms with Crippen LogP contribution >= 0.6 is 0 Å². The van der Waals surface area contributed by atoms with Crippen LogP contribution in [0.4, 0.5) is 4.39 Å². The topological polar surface area (TPSA) is 34.0 Å². The highest BCUT2D eigenvalue weighted by atomic mass is 19.1. The summed E-state index contributed by atoms with van der Waals surface area (Å²) in [5, 5.41) is 0. The van der Waals surface area contributed by atoms with Crippen LogP contribution in [0.5, 0.6) is 0 Å². The van der Waals surface area contributed by atoms with Crippen LogP contribution in [-0.4, -0.2) is 39.6 Å². The summed E-state index contributed by atoms with van der Waals surface area (Å²) in [4.78, 5) is 11.6. The van der Waals surface area contributed by atoms with E-state index in [0.717, 1.165) is 48.6 Å². The lowest BCUT2D eigenvalue weighted by Gasteiger charge is -2.29. The van der Waals surface area contributed by atoms with Crippen molar-refractivity contribution in [3.63, 3.8) is 0 Å². The smallest absolute Gasteiger partial charge is 0.164 e. The molecule has 0 amide bonds. The normalized spacial score (nSPS) is 19.3. The first-order valence-corrected chi connectivity index (χ1v) is 8.00. The molecule has 0 saturated carbocycles. The lowest BCUT2D eigenvalue weighted by molar-refractivity contribution is 0.245. The molecule has 4 rings (SSSR count). The highest BCUT2D eigenvalue weighted by Crippen LogP contribution is 2.30. The van der Waals surface area contributed by atoms with Crippen LogP contribution in [-0.2, 0) is 0 Å². The van der Waals surface area contributed by atoms with Crippen molar-refractivity contribution in [3.05, 3.63) is 54.2 Å². The van der Waals surface area contributed by atoms with E-state index in [1.54, 1.807) is 18.3 Å². The predicted octanol–water partition coefficient (Wildman–Crippen LogP) is 3.37. The second-order valence-corrected chi connectivity index (χ2v) is 6.23. The lowest BCUT2D eigenvalue weighted by atomic mass is 9.97. The van der Waals surface area contributed by atoms with Gasteiger partial charge in [-0.2, -0.15) is 0 Å². The van der Waals surface area contributed by atoms with Crippen molar-refractivity contribution < 1.29 is 4.39 Å². The van der Waals surface area contributed by atoms with Crippen LogP contribution in [0.2, 0.25) is 0 Å². The number of hydrogen-bond acceptors (Lipinski definition) is 3. The van der Waals surface area contributed by atoms with Crippen LogP contribution in [0.1, 0.15) is 24.6 Å². The van der Waals surface area contributed by atoms with E-state index in [1.807, 2.05) is 22.8 Å². The number of pyridine rings is 1. The first kappa shape index (κ1) is 14.3. The summed E-state index contributed by atoms with van der Waals surface area (Å²) >= 11 is 0. The Bertz CT molecular complexity index is 842. The van der Waals surface area contributed by atoms with E-state index >= 15 is 0 Å². The quantitative estimate of drug-likeness (QED) is 0.728. The van der Waals surface area contributed by atoms with E-state index in [9.17, 15) is 4.39 Å². The molecule has 3 aromatic rings. The fraction of sp³-hybridized carbons (Fsp3) is 0.333. The van der Waals surface area contributed by atoms with Crippen molar-refractivity contribution in [1.29, 1.82) is 0 Å². The predicted molar refractivity (Wildman–Crippen MR) is 88.3 cm³/mol. The van der Waals surface area contributed by atoms with Crippen molar-refractivity contribution >= 4 is 11.2 Å². The number of benzene rings is 1. The molecule has 5 heteroatoms. The maximum absolute atomic E-state index is 13.7. The lowest BCUT2D eigenvalue weighted by Crippen LogP contribution is -2.32. The maximum atomic E-state index is 13.7. The molecular formula is C18H19FN4. The molecule has 4 nitrogen and oxygen atoms in total. The van der Waals surface area contributed by atoms with E-state index in [2.05, 4.69) is 16.9 Å². The first-order chi connectivity index (χ1) is 11.2. The molecular weight excluding hydrogens is 291 g/mol. The number of nitrogens with zero attached hydrogens (tertiary/aromatic N) is 4. The van der Waals surface area contributed by atoms with Crippen LogP contribution in [0.15, 0.2) is 42.6 Å². The zero-order chi connectivity index (χ0) is 15.8. The molecule has 0 aliphatic carbocycles. The fourth-order valence-corrected chi connectivity index (χ4v) is 3.45. The van der Waals surface area contributed by atoms with Crippen molar-refractivity contribution in [3.8, 4) is 5.69 Å². The Hall–Kier alpha value is -2.27. The molecule has 0 bridgehead atoms. The molecule has 118 valence electrons. The molecule has 0 spiro atoms. The standard InChI is InChI=1S/C18H19FN4/c1-22-10-4-5-13(12-22)17-21-16-8-3-9-20-18(16)23(17)15-7-2-6-14(19)11-15/h2-3,6-9,11,13H,4-5,10,12H2,1H3. The van der Waals surface area contributed by atoms with Gasteiger partial charge in [0.25, 0.3) is 0 Å². The summed E-state index contributed by atoms with van der Waals surface area (Å²) in [6.45, 7) is 2.09. The molecule has 1 aromatic carbocycles. The Morgan fingerprint density at radius 2 is 2.13 bits per heavy atom. The summed E-state index contributed by atoms with van der Waals surface area (Å²) in [5.74, 6) is 1.08. The largest absolute Gasteiger partial charge is 0.306 e. The Balaban J connectivity index is 1.91. The number of likely N-dealkylation sites (tertiary alicyclic amines) is 1. The third kappa shape index (κ3) is 2.61. The third-order valence-electron chi connectivity index (χ3n) is 4.50. The van der Waals surface area contributed by atoms with E-state index in [0.29, 0.717) is 5.92 Å². The van der Waals surface area contributed by atoms with Gasteiger partial charge in [-0.15, -0.1) is 0 Å². The molecule has 1 atom stereocenters. The van der Waals surface area contributed by atoms with Gasteiger partial charge in [0, 0.05) is 18.7 Å². The number of halogens is 1. The number of piperidine rings is 1. The minimum absolute atomic E-state index is 0.244. The van der Waals surface area contributed by atoms with Gasteiger partial charge in [-0.25, -0.2) is 14.4 Å². The minimum atomic E-state index is -0.244. The highest BCUT2D eigenvalue weighted by molar-refractivity contribution is 5.74. The van der Waals surface area contributed by atoms with Gasteiger partial charge in [-0.1, -0.05) is 6.07 Å². The maximum Gasteiger partial charge on any atom is 0.164 e. The zero-order valence-corrected chi connectivity index (χ0v) is 13.1. The fourth-order valence-electron chi connectivity index (χ4n) is 3.45. The van der Waals surface area contributed by atoms with Crippen LogP contribution < -0.4 is 0 Å². The summed E-state index contributed by atoms with van der Waals surface area (Å²) in [7, 11) is 2.14.